The second kappa shape index (κ2) is 5.58. The molecule has 0 fully saturated rings. The summed E-state index contributed by atoms with van der Waals surface area (Å²) < 4.78 is 5.72. The van der Waals surface area contributed by atoms with Crippen LogP contribution < -0.4 is 10.5 Å². The number of nitrogens with zero attached hydrogens (tertiary/aromatic N) is 2. The van der Waals surface area contributed by atoms with Crippen molar-refractivity contribution in [3.8, 4) is 5.75 Å². The Hall–Kier alpha value is -2.95. The molecular weight excluding hydrogens is 266 g/mol. The maximum atomic E-state index is 11.6. The van der Waals surface area contributed by atoms with Gasteiger partial charge in [-0.2, -0.15) is 0 Å². The van der Waals surface area contributed by atoms with Crippen molar-refractivity contribution in [1.29, 1.82) is 0 Å². The fourth-order valence-corrected chi connectivity index (χ4v) is 2.05. The first-order chi connectivity index (χ1) is 10.2. The Labute approximate surface area is 121 Å². The predicted molar refractivity (Wildman–Crippen MR) is 78.8 cm³/mol. The lowest BCUT2D eigenvalue weighted by molar-refractivity contribution is 0.0996. The molecule has 0 aliphatic rings. The summed E-state index contributed by atoms with van der Waals surface area (Å²) in [6, 6.07) is 10.8. The maximum Gasteiger partial charge on any atom is 0.252 e. The molecule has 2 heterocycles. The predicted octanol–water partition coefficient (Wildman–Crippen LogP) is 2.31. The Balaban J connectivity index is 1.96. The Kier molecular flexibility index (Phi) is 3.47. The van der Waals surface area contributed by atoms with Crippen LogP contribution in [0.2, 0.25) is 0 Å². The molecule has 0 saturated carbocycles. The first-order valence-corrected chi connectivity index (χ1v) is 6.44. The Morgan fingerprint density at radius 2 is 1.95 bits per heavy atom. The van der Waals surface area contributed by atoms with E-state index in [9.17, 15) is 4.79 Å². The van der Waals surface area contributed by atoms with Crippen LogP contribution in [0.15, 0.2) is 55.0 Å². The van der Waals surface area contributed by atoms with Gasteiger partial charge in [0.25, 0.3) is 5.91 Å². The number of benzene rings is 1. The molecule has 0 radical (unpaired) electrons. The third-order valence-corrected chi connectivity index (χ3v) is 3.11. The summed E-state index contributed by atoms with van der Waals surface area (Å²) in [5.74, 6) is -0.0870. The minimum Gasteiger partial charge on any atom is -0.488 e. The van der Waals surface area contributed by atoms with Gasteiger partial charge < -0.3 is 10.5 Å². The summed E-state index contributed by atoms with van der Waals surface area (Å²) in [4.78, 5) is 19.8. The molecule has 104 valence electrons. The molecule has 0 aliphatic carbocycles. The molecule has 21 heavy (non-hydrogen) atoms. The maximum absolute atomic E-state index is 11.6. The van der Waals surface area contributed by atoms with E-state index in [1.165, 1.54) is 0 Å². The minimum atomic E-state index is -0.523. The quantitative estimate of drug-likeness (QED) is 0.795. The number of pyridine rings is 2. The van der Waals surface area contributed by atoms with E-state index < -0.39 is 5.91 Å². The average molecular weight is 279 g/mol. The Morgan fingerprint density at radius 1 is 1.14 bits per heavy atom. The SMILES string of the molecule is NC(=O)c1cc2cccnc2cc1OCc1ccncc1. The fraction of sp³-hybridized carbons (Fsp3) is 0.0625. The van der Waals surface area contributed by atoms with Crippen LogP contribution in [0.4, 0.5) is 0 Å². The van der Waals surface area contributed by atoms with Crippen molar-refractivity contribution in [2.24, 2.45) is 5.73 Å². The number of fused-ring (bicyclic) bond motifs is 1. The van der Waals surface area contributed by atoms with Crippen molar-refractivity contribution >= 4 is 16.8 Å². The van der Waals surface area contributed by atoms with Crippen molar-refractivity contribution in [3.63, 3.8) is 0 Å². The number of hydrogen-bond donors (Lipinski definition) is 1. The van der Waals surface area contributed by atoms with Gasteiger partial charge in [-0.25, -0.2) is 0 Å². The smallest absolute Gasteiger partial charge is 0.252 e. The van der Waals surface area contributed by atoms with Crippen LogP contribution in [-0.4, -0.2) is 15.9 Å². The summed E-state index contributed by atoms with van der Waals surface area (Å²) in [6.07, 6.45) is 5.07. The standard InChI is InChI=1S/C16H13N3O2/c17-16(20)13-8-12-2-1-5-19-14(12)9-15(13)21-10-11-3-6-18-7-4-11/h1-9H,10H2,(H2,17,20). The van der Waals surface area contributed by atoms with Crippen LogP contribution in [0.1, 0.15) is 15.9 Å². The molecule has 0 aliphatic heterocycles. The summed E-state index contributed by atoms with van der Waals surface area (Å²) in [6.45, 7) is 0.334. The number of nitrogens with two attached hydrogens (primary N) is 1. The molecule has 0 bridgehead atoms. The van der Waals surface area contributed by atoms with Crippen LogP contribution in [0.3, 0.4) is 0 Å². The zero-order chi connectivity index (χ0) is 14.7. The van der Waals surface area contributed by atoms with E-state index in [2.05, 4.69) is 9.97 Å². The number of hydrogen-bond acceptors (Lipinski definition) is 4. The number of primary amides is 1. The van der Waals surface area contributed by atoms with Crippen molar-refractivity contribution < 1.29 is 9.53 Å². The molecule has 1 amide bonds. The molecule has 0 spiro atoms. The third-order valence-electron chi connectivity index (χ3n) is 3.11. The molecule has 3 aromatic rings. The van der Waals surface area contributed by atoms with Crippen LogP contribution in [0, 0.1) is 0 Å². The topological polar surface area (TPSA) is 78.1 Å². The van der Waals surface area contributed by atoms with Crippen LogP contribution in [0.25, 0.3) is 10.9 Å². The van der Waals surface area contributed by atoms with Gasteiger partial charge in [0.2, 0.25) is 0 Å². The molecule has 0 atom stereocenters. The molecular formula is C16H13N3O2. The zero-order valence-electron chi connectivity index (χ0n) is 11.2. The van der Waals surface area contributed by atoms with Crippen molar-refractivity contribution in [2.45, 2.75) is 6.61 Å². The monoisotopic (exact) mass is 279 g/mol. The van der Waals surface area contributed by atoms with Crippen molar-refractivity contribution in [2.75, 3.05) is 0 Å². The number of carbonyl (C=O) groups excluding carboxylic acids is 1. The summed E-state index contributed by atoms with van der Waals surface area (Å²) in [7, 11) is 0. The van der Waals surface area contributed by atoms with E-state index in [4.69, 9.17) is 10.5 Å². The lowest BCUT2D eigenvalue weighted by Crippen LogP contribution is -2.13. The molecule has 5 heteroatoms. The van der Waals surface area contributed by atoms with Gasteiger partial charge in [0.15, 0.2) is 0 Å². The Morgan fingerprint density at radius 3 is 2.71 bits per heavy atom. The molecule has 3 rings (SSSR count). The van der Waals surface area contributed by atoms with E-state index in [1.807, 2.05) is 24.3 Å². The van der Waals surface area contributed by atoms with Crippen LogP contribution in [0.5, 0.6) is 5.75 Å². The van der Waals surface area contributed by atoms with Gasteiger partial charge in [-0.05, 0) is 29.8 Å². The minimum absolute atomic E-state index is 0.334. The van der Waals surface area contributed by atoms with Gasteiger partial charge in [0.1, 0.15) is 12.4 Å². The number of aromatic nitrogens is 2. The number of ether oxygens (including phenoxy) is 1. The van der Waals surface area contributed by atoms with Gasteiger partial charge in [-0.1, -0.05) is 6.07 Å². The van der Waals surface area contributed by atoms with E-state index in [-0.39, 0.29) is 0 Å². The lowest BCUT2D eigenvalue weighted by atomic mass is 10.1. The molecule has 5 nitrogen and oxygen atoms in total. The molecule has 1 aromatic carbocycles. The van der Waals surface area contributed by atoms with E-state index in [0.717, 1.165) is 16.5 Å². The molecule has 0 unspecified atom stereocenters. The summed E-state index contributed by atoms with van der Waals surface area (Å²) in [5, 5.41) is 0.850. The van der Waals surface area contributed by atoms with Crippen LogP contribution >= 0.6 is 0 Å². The van der Waals surface area contributed by atoms with Gasteiger partial charge >= 0.3 is 0 Å². The third kappa shape index (κ3) is 2.81. The van der Waals surface area contributed by atoms with E-state index in [1.54, 1.807) is 30.7 Å². The second-order valence-electron chi connectivity index (χ2n) is 4.55. The molecule has 0 saturated heterocycles. The second-order valence-corrected chi connectivity index (χ2v) is 4.55. The van der Waals surface area contributed by atoms with Crippen molar-refractivity contribution in [1.82, 2.24) is 9.97 Å². The van der Waals surface area contributed by atoms with Gasteiger partial charge in [-0.3, -0.25) is 14.8 Å². The number of rotatable bonds is 4. The highest BCUT2D eigenvalue weighted by Gasteiger charge is 2.12. The zero-order valence-corrected chi connectivity index (χ0v) is 11.2. The first-order valence-electron chi connectivity index (χ1n) is 6.44. The molecule has 2 aromatic heterocycles. The average Bonchev–Trinajstić information content (AvgIpc) is 2.53. The number of carbonyl (C=O) groups is 1. The summed E-state index contributed by atoms with van der Waals surface area (Å²) >= 11 is 0. The van der Waals surface area contributed by atoms with Crippen LogP contribution in [-0.2, 0) is 6.61 Å². The first kappa shape index (κ1) is 13.1. The Bertz CT molecular complexity index is 788. The van der Waals surface area contributed by atoms with Crippen molar-refractivity contribution in [3.05, 3.63) is 66.1 Å². The van der Waals surface area contributed by atoms with Gasteiger partial charge in [0, 0.05) is 30.0 Å². The normalized spacial score (nSPS) is 10.5. The van der Waals surface area contributed by atoms with Gasteiger partial charge in [-0.15, -0.1) is 0 Å². The fourth-order valence-electron chi connectivity index (χ4n) is 2.05. The van der Waals surface area contributed by atoms with E-state index in [0.29, 0.717) is 17.9 Å². The highest BCUT2D eigenvalue weighted by molar-refractivity contribution is 6.00. The van der Waals surface area contributed by atoms with Gasteiger partial charge in [0.05, 0.1) is 11.1 Å². The largest absolute Gasteiger partial charge is 0.488 e. The molecule has 2 N–H and O–H groups in total. The summed E-state index contributed by atoms with van der Waals surface area (Å²) in [5.41, 5.74) is 7.49. The highest BCUT2D eigenvalue weighted by atomic mass is 16.5. The lowest BCUT2D eigenvalue weighted by Gasteiger charge is -2.11. The van der Waals surface area contributed by atoms with E-state index >= 15 is 0 Å². The highest BCUT2D eigenvalue weighted by Crippen LogP contribution is 2.25. The number of amides is 1.